The van der Waals surface area contributed by atoms with Crippen molar-refractivity contribution >= 4 is 29.1 Å². The van der Waals surface area contributed by atoms with Crippen LogP contribution in [0.4, 0.5) is 10.1 Å². The molecule has 2 aromatic carbocycles. The van der Waals surface area contributed by atoms with Crippen molar-refractivity contribution in [2.45, 2.75) is 19.9 Å². The van der Waals surface area contributed by atoms with Crippen LogP contribution < -0.4 is 15.0 Å². The molecule has 0 aliphatic carbocycles. The third-order valence-electron chi connectivity index (χ3n) is 4.38. The summed E-state index contributed by atoms with van der Waals surface area (Å²) in [6.45, 7) is 3.64. The van der Waals surface area contributed by atoms with E-state index in [9.17, 15) is 14.0 Å². The molecule has 2 amide bonds. The van der Waals surface area contributed by atoms with Gasteiger partial charge in [0.15, 0.2) is 6.61 Å². The van der Waals surface area contributed by atoms with Crippen LogP contribution in [0.15, 0.2) is 42.5 Å². The molecule has 1 aliphatic rings. The summed E-state index contributed by atoms with van der Waals surface area (Å²) >= 11 is 6.02. The summed E-state index contributed by atoms with van der Waals surface area (Å²) in [4.78, 5) is 26.3. The topological polar surface area (TPSA) is 58.6 Å². The number of ether oxygens (including phenoxy) is 1. The van der Waals surface area contributed by atoms with Gasteiger partial charge in [-0.1, -0.05) is 37.6 Å². The van der Waals surface area contributed by atoms with E-state index < -0.39 is 0 Å². The maximum Gasteiger partial charge on any atom is 0.265 e. The normalized spacial score (nSPS) is 14.6. The molecular formula is C20H20ClFN2O3. The molecule has 27 heavy (non-hydrogen) atoms. The number of carbonyl (C=O) groups is 2. The molecule has 1 unspecified atom stereocenters. The third-order valence-corrected chi connectivity index (χ3v) is 4.61. The Bertz CT molecular complexity index is 855. The lowest BCUT2D eigenvalue weighted by molar-refractivity contribution is -0.125. The van der Waals surface area contributed by atoms with Crippen molar-refractivity contribution in [3.8, 4) is 5.75 Å². The van der Waals surface area contributed by atoms with E-state index in [4.69, 9.17) is 16.3 Å². The molecule has 1 aliphatic heterocycles. The first-order valence-corrected chi connectivity index (χ1v) is 9.00. The number of hydrogen-bond acceptors (Lipinski definition) is 3. The number of nitrogens with zero attached hydrogens (tertiary/aromatic N) is 1. The van der Waals surface area contributed by atoms with Crippen LogP contribution in [-0.4, -0.2) is 25.0 Å². The second-order valence-corrected chi connectivity index (χ2v) is 7.16. The lowest BCUT2D eigenvalue weighted by atomic mass is 9.96. The number of carbonyl (C=O) groups excluding carboxylic acids is 2. The Hall–Kier alpha value is -2.60. The minimum atomic E-state index is -0.333. The number of hydrogen-bond donors (Lipinski definition) is 1. The summed E-state index contributed by atoms with van der Waals surface area (Å²) in [6.07, 6.45) is 0. The fraction of sp³-hybridized carbons (Fsp3) is 0.300. The van der Waals surface area contributed by atoms with Gasteiger partial charge in [-0.2, -0.15) is 0 Å². The molecule has 5 nitrogen and oxygen atoms in total. The van der Waals surface area contributed by atoms with Crippen LogP contribution in [0.1, 0.15) is 25.5 Å². The summed E-state index contributed by atoms with van der Waals surface area (Å²) in [5.74, 6) is -0.380. The molecular weight excluding hydrogens is 371 g/mol. The van der Waals surface area contributed by atoms with Crippen LogP contribution in [0, 0.1) is 11.7 Å². The van der Waals surface area contributed by atoms with E-state index in [2.05, 4.69) is 5.32 Å². The van der Waals surface area contributed by atoms with Gasteiger partial charge in [-0.05, 0) is 41.8 Å². The smallest absolute Gasteiger partial charge is 0.265 e. The number of benzene rings is 2. The van der Waals surface area contributed by atoms with E-state index in [1.807, 2.05) is 13.8 Å². The Balaban J connectivity index is 1.77. The molecule has 0 aromatic heterocycles. The van der Waals surface area contributed by atoms with E-state index in [-0.39, 0.29) is 42.7 Å². The standard InChI is InChI=1S/C20H20ClFN2O3/c1-12(2)20(13-3-6-15(22)7-4-13)23-18(25)10-24-16-9-14(21)5-8-17(16)27-11-19(24)26/h3-9,12,20H,10-11H2,1-2H3,(H,23,25). The minimum Gasteiger partial charge on any atom is -0.482 e. The van der Waals surface area contributed by atoms with E-state index in [0.29, 0.717) is 16.5 Å². The molecule has 0 bridgehead atoms. The summed E-state index contributed by atoms with van der Waals surface area (Å²) in [5.41, 5.74) is 1.27. The number of anilines is 1. The predicted octanol–water partition coefficient (Wildman–Crippen LogP) is 3.72. The molecule has 2 aromatic rings. The van der Waals surface area contributed by atoms with E-state index >= 15 is 0 Å². The Morgan fingerprint density at radius 2 is 1.96 bits per heavy atom. The molecule has 0 spiro atoms. The summed E-state index contributed by atoms with van der Waals surface area (Å²) in [5, 5.41) is 3.38. The molecule has 3 rings (SSSR count). The van der Waals surface area contributed by atoms with Crippen LogP contribution in [0.2, 0.25) is 5.02 Å². The minimum absolute atomic E-state index is 0.0848. The first-order valence-electron chi connectivity index (χ1n) is 8.62. The highest BCUT2D eigenvalue weighted by Gasteiger charge is 2.28. The van der Waals surface area contributed by atoms with Gasteiger partial charge in [-0.15, -0.1) is 0 Å². The Kier molecular flexibility index (Phi) is 5.65. The van der Waals surface area contributed by atoms with Crippen LogP contribution in [0.5, 0.6) is 5.75 Å². The summed E-state index contributed by atoms with van der Waals surface area (Å²) in [7, 11) is 0. The number of fused-ring (bicyclic) bond motifs is 1. The molecule has 0 saturated carbocycles. The van der Waals surface area contributed by atoms with Crippen molar-refractivity contribution in [3.05, 3.63) is 58.9 Å². The number of nitrogens with one attached hydrogen (secondary N) is 1. The Morgan fingerprint density at radius 3 is 2.63 bits per heavy atom. The fourth-order valence-corrected chi connectivity index (χ4v) is 3.18. The van der Waals surface area contributed by atoms with Gasteiger partial charge < -0.3 is 10.1 Å². The zero-order valence-corrected chi connectivity index (χ0v) is 15.8. The van der Waals surface area contributed by atoms with E-state index in [0.717, 1.165) is 5.56 Å². The van der Waals surface area contributed by atoms with Gasteiger partial charge in [-0.3, -0.25) is 14.5 Å². The van der Waals surface area contributed by atoms with Crippen molar-refractivity contribution in [3.63, 3.8) is 0 Å². The lowest BCUT2D eigenvalue weighted by Crippen LogP contribution is -2.46. The second kappa shape index (κ2) is 7.96. The van der Waals surface area contributed by atoms with Crippen molar-refractivity contribution < 1.29 is 18.7 Å². The van der Waals surface area contributed by atoms with Crippen LogP contribution in [0.3, 0.4) is 0 Å². The molecule has 0 fully saturated rings. The van der Waals surface area contributed by atoms with Gasteiger partial charge in [0.05, 0.1) is 11.7 Å². The first-order chi connectivity index (χ1) is 12.8. The quantitative estimate of drug-likeness (QED) is 0.846. The van der Waals surface area contributed by atoms with Crippen molar-refractivity contribution in [1.29, 1.82) is 0 Å². The highest BCUT2D eigenvalue weighted by atomic mass is 35.5. The van der Waals surface area contributed by atoms with Gasteiger partial charge in [0.2, 0.25) is 5.91 Å². The second-order valence-electron chi connectivity index (χ2n) is 6.72. The van der Waals surface area contributed by atoms with Gasteiger partial charge in [-0.25, -0.2) is 4.39 Å². The maximum absolute atomic E-state index is 13.2. The van der Waals surface area contributed by atoms with Gasteiger partial charge >= 0.3 is 0 Å². The molecule has 0 saturated heterocycles. The van der Waals surface area contributed by atoms with Crippen molar-refractivity contribution in [2.75, 3.05) is 18.1 Å². The van der Waals surface area contributed by atoms with Gasteiger partial charge in [0.1, 0.15) is 18.1 Å². The zero-order chi connectivity index (χ0) is 19.6. The maximum atomic E-state index is 13.2. The Labute approximate surface area is 162 Å². The summed E-state index contributed by atoms with van der Waals surface area (Å²) in [6, 6.07) is 10.7. The zero-order valence-electron chi connectivity index (χ0n) is 15.0. The van der Waals surface area contributed by atoms with Gasteiger partial charge in [0.25, 0.3) is 5.91 Å². The predicted molar refractivity (Wildman–Crippen MR) is 101 cm³/mol. The Morgan fingerprint density at radius 1 is 1.26 bits per heavy atom. The third kappa shape index (κ3) is 4.39. The average molecular weight is 391 g/mol. The van der Waals surface area contributed by atoms with Crippen molar-refractivity contribution in [2.24, 2.45) is 5.92 Å². The molecule has 142 valence electrons. The van der Waals surface area contributed by atoms with Gasteiger partial charge in [0, 0.05) is 5.02 Å². The van der Waals surface area contributed by atoms with E-state index in [1.165, 1.54) is 17.0 Å². The monoisotopic (exact) mass is 390 g/mol. The molecule has 1 heterocycles. The fourth-order valence-electron chi connectivity index (χ4n) is 3.02. The summed E-state index contributed by atoms with van der Waals surface area (Å²) < 4.78 is 18.6. The van der Waals surface area contributed by atoms with Crippen molar-refractivity contribution in [1.82, 2.24) is 5.32 Å². The highest BCUT2D eigenvalue weighted by Crippen LogP contribution is 2.34. The molecule has 1 N–H and O–H groups in total. The molecule has 7 heteroatoms. The number of halogens is 2. The average Bonchev–Trinajstić information content (AvgIpc) is 2.63. The highest BCUT2D eigenvalue weighted by molar-refractivity contribution is 6.31. The largest absolute Gasteiger partial charge is 0.482 e. The number of rotatable bonds is 5. The molecule has 1 atom stereocenters. The van der Waals surface area contributed by atoms with E-state index in [1.54, 1.807) is 30.3 Å². The van der Waals surface area contributed by atoms with Crippen LogP contribution in [0.25, 0.3) is 0 Å². The van der Waals surface area contributed by atoms with Crippen LogP contribution >= 0.6 is 11.6 Å². The van der Waals surface area contributed by atoms with Crippen LogP contribution in [-0.2, 0) is 9.59 Å². The first kappa shape index (κ1) is 19.2. The lowest BCUT2D eigenvalue weighted by Gasteiger charge is -2.30. The SMILES string of the molecule is CC(C)C(NC(=O)CN1C(=O)COc2ccc(Cl)cc21)c1ccc(F)cc1. The molecule has 0 radical (unpaired) electrons. The number of amides is 2.